The maximum Gasteiger partial charge on any atom is 0.0576 e. The SMILES string of the molecule is CCNC(CCC1CCCO1)c1cccc2cnccc12. The fourth-order valence-electron chi connectivity index (χ4n) is 3.29. The van der Waals surface area contributed by atoms with Gasteiger partial charge >= 0.3 is 0 Å². The van der Waals surface area contributed by atoms with Crippen molar-refractivity contribution in [2.75, 3.05) is 13.2 Å². The summed E-state index contributed by atoms with van der Waals surface area (Å²) in [5.74, 6) is 0. The summed E-state index contributed by atoms with van der Waals surface area (Å²) in [6.07, 6.45) is 8.99. The molecule has 1 N–H and O–H groups in total. The molecule has 0 radical (unpaired) electrons. The Kier molecular flexibility index (Phi) is 4.84. The van der Waals surface area contributed by atoms with Crippen molar-refractivity contribution < 1.29 is 4.74 Å². The Labute approximate surface area is 126 Å². The van der Waals surface area contributed by atoms with E-state index in [0.717, 1.165) is 26.0 Å². The number of hydrogen-bond donors (Lipinski definition) is 1. The topological polar surface area (TPSA) is 34.1 Å². The molecule has 2 atom stereocenters. The number of benzene rings is 1. The molecule has 2 aromatic rings. The Morgan fingerprint density at radius 2 is 2.33 bits per heavy atom. The van der Waals surface area contributed by atoms with Crippen LogP contribution in [0.4, 0.5) is 0 Å². The van der Waals surface area contributed by atoms with E-state index in [1.54, 1.807) is 0 Å². The lowest BCUT2D eigenvalue weighted by molar-refractivity contribution is 0.0997. The largest absolute Gasteiger partial charge is 0.378 e. The van der Waals surface area contributed by atoms with Crippen LogP contribution in [0, 0.1) is 0 Å². The van der Waals surface area contributed by atoms with Crippen LogP contribution >= 0.6 is 0 Å². The Hall–Kier alpha value is -1.45. The number of rotatable bonds is 6. The Balaban J connectivity index is 1.80. The first-order valence-corrected chi connectivity index (χ1v) is 8.06. The van der Waals surface area contributed by atoms with Crippen LogP contribution in [0.3, 0.4) is 0 Å². The van der Waals surface area contributed by atoms with Crippen LogP contribution in [0.5, 0.6) is 0 Å². The number of aromatic nitrogens is 1. The van der Waals surface area contributed by atoms with Gasteiger partial charge in [0.15, 0.2) is 0 Å². The third-order valence-electron chi connectivity index (χ3n) is 4.34. The highest BCUT2D eigenvalue weighted by molar-refractivity contribution is 5.85. The molecule has 2 unspecified atom stereocenters. The van der Waals surface area contributed by atoms with Gasteiger partial charge in [-0.2, -0.15) is 0 Å². The molecule has 1 saturated heterocycles. The molecule has 0 spiro atoms. The molecule has 21 heavy (non-hydrogen) atoms. The zero-order chi connectivity index (χ0) is 14.5. The third kappa shape index (κ3) is 3.42. The lowest BCUT2D eigenvalue weighted by Gasteiger charge is -2.21. The van der Waals surface area contributed by atoms with Gasteiger partial charge in [-0.25, -0.2) is 0 Å². The average Bonchev–Trinajstić information content (AvgIpc) is 3.04. The van der Waals surface area contributed by atoms with Gasteiger partial charge < -0.3 is 10.1 Å². The van der Waals surface area contributed by atoms with Crippen molar-refractivity contribution in [1.82, 2.24) is 10.3 Å². The molecule has 0 bridgehead atoms. The van der Waals surface area contributed by atoms with Gasteiger partial charge in [-0.3, -0.25) is 4.98 Å². The van der Waals surface area contributed by atoms with E-state index in [9.17, 15) is 0 Å². The highest BCUT2D eigenvalue weighted by atomic mass is 16.5. The molecule has 1 aromatic carbocycles. The smallest absolute Gasteiger partial charge is 0.0576 e. The van der Waals surface area contributed by atoms with Gasteiger partial charge in [-0.1, -0.05) is 25.1 Å². The Morgan fingerprint density at radius 3 is 3.14 bits per heavy atom. The van der Waals surface area contributed by atoms with Crippen molar-refractivity contribution in [2.45, 2.75) is 44.8 Å². The molecule has 3 rings (SSSR count). The lowest BCUT2D eigenvalue weighted by atomic mass is 9.95. The minimum Gasteiger partial charge on any atom is -0.378 e. The summed E-state index contributed by atoms with van der Waals surface area (Å²) in [6, 6.07) is 9.03. The standard InChI is InChI=1S/C18H24N2O/c1-2-20-18(9-8-15-6-4-12-21-15)17-7-3-5-14-13-19-11-10-16(14)17/h3,5,7,10-11,13,15,18,20H,2,4,6,8-9,12H2,1H3. The minimum absolute atomic E-state index is 0.394. The highest BCUT2D eigenvalue weighted by Gasteiger charge is 2.19. The molecular weight excluding hydrogens is 260 g/mol. The molecule has 2 heterocycles. The summed E-state index contributed by atoms with van der Waals surface area (Å²) in [5.41, 5.74) is 1.38. The number of fused-ring (bicyclic) bond motifs is 1. The van der Waals surface area contributed by atoms with Crippen LogP contribution in [0.15, 0.2) is 36.7 Å². The summed E-state index contributed by atoms with van der Waals surface area (Å²) in [4.78, 5) is 4.23. The predicted molar refractivity (Wildman–Crippen MR) is 86.4 cm³/mol. The van der Waals surface area contributed by atoms with Crippen LogP contribution in [0.1, 0.15) is 44.2 Å². The summed E-state index contributed by atoms with van der Waals surface area (Å²) < 4.78 is 5.77. The first kappa shape index (κ1) is 14.5. The second kappa shape index (κ2) is 7.01. The third-order valence-corrected chi connectivity index (χ3v) is 4.34. The van der Waals surface area contributed by atoms with Crippen LogP contribution in [-0.4, -0.2) is 24.2 Å². The van der Waals surface area contributed by atoms with Crippen molar-refractivity contribution in [1.29, 1.82) is 0 Å². The minimum atomic E-state index is 0.394. The molecule has 1 aliphatic heterocycles. The molecule has 3 nitrogen and oxygen atoms in total. The molecule has 112 valence electrons. The highest BCUT2D eigenvalue weighted by Crippen LogP contribution is 2.28. The molecule has 1 aromatic heterocycles. The zero-order valence-electron chi connectivity index (χ0n) is 12.7. The van der Waals surface area contributed by atoms with Gasteiger partial charge in [-0.15, -0.1) is 0 Å². The molecule has 1 aliphatic rings. The van der Waals surface area contributed by atoms with Gasteiger partial charge in [-0.05, 0) is 49.2 Å². The molecule has 3 heteroatoms. The fourth-order valence-corrected chi connectivity index (χ4v) is 3.29. The van der Waals surface area contributed by atoms with E-state index >= 15 is 0 Å². The van der Waals surface area contributed by atoms with E-state index in [4.69, 9.17) is 4.74 Å². The summed E-state index contributed by atoms with van der Waals surface area (Å²) >= 11 is 0. The van der Waals surface area contributed by atoms with Crippen LogP contribution < -0.4 is 5.32 Å². The summed E-state index contributed by atoms with van der Waals surface area (Å²) in [6.45, 7) is 4.10. The van der Waals surface area contributed by atoms with Gasteiger partial charge in [0.05, 0.1) is 6.10 Å². The summed E-state index contributed by atoms with van der Waals surface area (Å²) in [5, 5.41) is 6.17. The predicted octanol–water partition coefficient (Wildman–Crippen LogP) is 3.84. The van der Waals surface area contributed by atoms with Gasteiger partial charge in [0.1, 0.15) is 0 Å². The van der Waals surface area contributed by atoms with Crippen molar-refractivity contribution in [3.05, 3.63) is 42.2 Å². The monoisotopic (exact) mass is 284 g/mol. The van der Waals surface area contributed by atoms with E-state index in [1.807, 2.05) is 12.4 Å². The molecule has 0 saturated carbocycles. The Bertz CT molecular complexity index is 573. The maximum atomic E-state index is 5.77. The second-order valence-corrected chi connectivity index (χ2v) is 5.77. The van der Waals surface area contributed by atoms with Crippen molar-refractivity contribution in [2.24, 2.45) is 0 Å². The number of hydrogen-bond acceptors (Lipinski definition) is 3. The Morgan fingerprint density at radius 1 is 1.38 bits per heavy atom. The lowest BCUT2D eigenvalue weighted by Crippen LogP contribution is -2.22. The van der Waals surface area contributed by atoms with Crippen LogP contribution in [-0.2, 0) is 4.74 Å². The number of ether oxygens (including phenoxy) is 1. The molecular formula is C18H24N2O. The average molecular weight is 284 g/mol. The van der Waals surface area contributed by atoms with E-state index < -0.39 is 0 Å². The number of nitrogens with one attached hydrogen (secondary N) is 1. The zero-order valence-corrected chi connectivity index (χ0v) is 12.7. The molecule has 1 fully saturated rings. The van der Waals surface area contributed by atoms with E-state index in [-0.39, 0.29) is 0 Å². The maximum absolute atomic E-state index is 5.77. The first-order chi connectivity index (χ1) is 10.4. The van der Waals surface area contributed by atoms with Crippen LogP contribution in [0.25, 0.3) is 10.8 Å². The quantitative estimate of drug-likeness (QED) is 0.875. The molecule has 0 amide bonds. The second-order valence-electron chi connectivity index (χ2n) is 5.77. The number of pyridine rings is 1. The van der Waals surface area contributed by atoms with E-state index in [0.29, 0.717) is 12.1 Å². The fraction of sp³-hybridized carbons (Fsp3) is 0.500. The van der Waals surface area contributed by atoms with E-state index in [2.05, 4.69) is 41.5 Å². The van der Waals surface area contributed by atoms with Crippen molar-refractivity contribution >= 4 is 10.8 Å². The summed E-state index contributed by atoms with van der Waals surface area (Å²) in [7, 11) is 0. The van der Waals surface area contributed by atoms with Gasteiger partial charge in [0.25, 0.3) is 0 Å². The van der Waals surface area contributed by atoms with Crippen molar-refractivity contribution in [3.8, 4) is 0 Å². The van der Waals surface area contributed by atoms with Crippen molar-refractivity contribution in [3.63, 3.8) is 0 Å². The molecule has 0 aliphatic carbocycles. The van der Waals surface area contributed by atoms with Gasteiger partial charge in [0.2, 0.25) is 0 Å². The van der Waals surface area contributed by atoms with E-state index in [1.165, 1.54) is 29.2 Å². The van der Waals surface area contributed by atoms with Gasteiger partial charge in [0, 0.05) is 30.4 Å². The van der Waals surface area contributed by atoms with Crippen LogP contribution in [0.2, 0.25) is 0 Å². The normalized spacial score (nSPS) is 20.0. The first-order valence-electron chi connectivity index (χ1n) is 8.06. The number of nitrogens with zero attached hydrogens (tertiary/aromatic N) is 1.